The van der Waals surface area contributed by atoms with Gasteiger partial charge in [-0.3, -0.25) is 9.59 Å². The van der Waals surface area contributed by atoms with Crippen LogP contribution in [0, 0.1) is 0 Å². The van der Waals surface area contributed by atoms with E-state index in [1.165, 1.54) is 12.1 Å². The molecule has 8 heteroatoms. The summed E-state index contributed by atoms with van der Waals surface area (Å²) in [4.78, 5) is 25.5. The standard InChI is InChI=1S/C17H16N2O4S2/c1-2-24-14-9-5-4-8-13(14)18-16(20)11-19-17(21)12-7-3-6-10-15(12)25(19,22)23/h3-10H,2,11H2,1H3,(H,18,20). The number of rotatable bonds is 5. The van der Waals surface area contributed by atoms with Gasteiger partial charge in [0.25, 0.3) is 15.9 Å². The summed E-state index contributed by atoms with van der Waals surface area (Å²) in [6.45, 7) is 1.44. The Balaban J connectivity index is 1.80. The van der Waals surface area contributed by atoms with Crippen molar-refractivity contribution >= 4 is 39.3 Å². The van der Waals surface area contributed by atoms with Crippen LogP contribution in [0.1, 0.15) is 17.3 Å². The number of fused-ring (bicyclic) bond motifs is 1. The largest absolute Gasteiger partial charge is 0.323 e. The summed E-state index contributed by atoms with van der Waals surface area (Å²) in [5.41, 5.74) is 0.693. The van der Waals surface area contributed by atoms with Gasteiger partial charge in [0.15, 0.2) is 0 Å². The summed E-state index contributed by atoms with van der Waals surface area (Å²) >= 11 is 1.56. The molecule has 2 amide bonds. The first-order chi connectivity index (χ1) is 11.9. The number of benzene rings is 2. The minimum atomic E-state index is -3.99. The number of thioether (sulfide) groups is 1. The number of hydrogen-bond donors (Lipinski definition) is 1. The third-order valence-electron chi connectivity index (χ3n) is 3.66. The van der Waals surface area contributed by atoms with Gasteiger partial charge in [0.2, 0.25) is 5.91 Å². The highest BCUT2D eigenvalue weighted by molar-refractivity contribution is 7.99. The Morgan fingerprint density at radius 1 is 1.12 bits per heavy atom. The van der Waals surface area contributed by atoms with Gasteiger partial charge in [-0.1, -0.05) is 31.2 Å². The highest BCUT2D eigenvalue weighted by Crippen LogP contribution is 2.30. The Labute approximate surface area is 150 Å². The minimum Gasteiger partial charge on any atom is -0.323 e. The molecule has 1 aliphatic rings. The number of carbonyl (C=O) groups is 2. The summed E-state index contributed by atoms with van der Waals surface area (Å²) in [5.74, 6) is -0.405. The molecule has 6 nitrogen and oxygen atoms in total. The number of carbonyl (C=O) groups excluding carboxylic acids is 2. The lowest BCUT2D eigenvalue weighted by Crippen LogP contribution is -2.37. The number of nitrogens with one attached hydrogen (secondary N) is 1. The normalized spacial score (nSPS) is 15.1. The zero-order chi connectivity index (χ0) is 18.0. The molecule has 1 N–H and O–H groups in total. The number of sulfonamides is 1. The van der Waals surface area contributed by atoms with Crippen LogP contribution in [0.4, 0.5) is 5.69 Å². The number of amides is 2. The maximum absolute atomic E-state index is 12.5. The second-order valence-electron chi connectivity index (χ2n) is 5.29. The third-order valence-corrected chi connectivity index (χ3v) is 6.40. The molecule has 1 heterocycles. The van der Waals surface area contributed by atoms with E-state index >= 15 is 0 Å². The fourth-order valence-corrected chi connectivity index (χ4v) is 4.84. The Kier molecular flexibility index (Phi) is 4.82. The van der Waals surface area contributed by atoms with Crippen LogP contribution < -0.4 is 5.32 Å². The van der Waals surface area contributed by atoms with Crippen molar-refractivity contribution in [3.63, 3.8) is 0 Å². The van der Waals surface area contributed by atoms with E-state index in [9.17, 15) is 18.0 Å². The summed E-state index contributed by atoms with van der Waals surface area (Å²) in [6, 6.07) is 13.2. The van der Waals surface area contributed by atoms with Gasteiger partial charge in [0.1, 0.15) is 11.4 Å². The zero-order valence-electron chi connectivity index (χ0n) is 13.4. The van der Waals surface area contributed by atoms with Gasteiger partial charge < -0.3 is 5.32 Å². The van der Waals surface area contributed by atoms with Crippen LogP contribution in [-0.2, 0) is 14.8 Å². The molecule has 0 aliphatic carbocycles. The molecular formula is C17H16N2O4S2. The Hall–Kier alpha value is -2.32. The van der Waals surface area contributed by atoms with Crippen LogP contribution in [0.2, 0.25) is 0 Å². The van der Waals surface area contributed by atoms with Crippen LogP contribution in [0.15, 0.2) is 58.3 Å². The molecule has 0 spiro atoms. The van der Waals surface area contributed by atoms with Crippen LogP contribution in [0.3, 0.4) is 0 Å². The topological polar surface area (TPSA) is 83.6 Å². The summed E-state index contributed by atoms with van der Waals surface area (Å²) < 4.78 is 25.6. The summed E-state index contributed by atoms with van der Waals surface area (Å²) in [7, 11) is -3.99. The number of anilines is 1. The molecule has 0 saturated heterocycles. The third kappa shape index (κ3) is 3.27. The fraction of sp³-hybridized carbons (Fsp3) is 0.176. The van der Waals surface area contributed by atoms with E-state index in [1.807, 2.05) is 19.1 Å². The second kappa shape index (κ2) is 6.89. The monoisotopic (exact) mass is 376 g/mol. The molecular weight excluding hydrogens is 360 g/mol. The van der Waals surface area contributed by atoms with Crippen molar-refractivity contribution in [2.45, 2.75) is 16.7 Å². The Morgan fingerprint density at radius 3 is 2.52 bits per heavy atom. The first-order valence-corrected chi connectivity index (χ1v) is 10.1. The molecule has 1 aliphatic heterocycles. The van der Waals surface area contributed by atoms with Crippen LogP contribution in [-0.4, -0.2) is 36.8 Å². The predicted octanol–water partition coefficient (Wildman–Crippen LogP) is 2.58. The maximum Gasteiger partial charge on any atom is 0.269 e. The minimum absolute atomic E-state index is 0.0604. The highest BCUT2D eigenvalue weighted by atomic mass is 32.2. The van der Waals surface area contributed by atoms with Gasteiger partial charge in [-0.05, 0) is 30.0 Å². The molecule has 25 heavy (non-hydrogen) atoms. The number of para-hydroxylation sites is 1. The lowest BCUT2D eigenvalue weighted by molar-refractivity contribution is -0.116. The molecule has 0 unspecified atom stereocenters. The van der Waals surface area contributed by atoms with Crippen LogP contribution in [0.25, 0.3) is 0 Å². The first kappa shape index (κ1) is 17.5. The molecule has 3 rings (SSSR count). The second-order valence-corrected chi connectivity index (χ2v) is 8.43. The van der Waals surface area contributed by atoms with E-state index in [4.69, 9.17) is 0 Å². The molecule has 0 radical (unpaired) electrons. The van der Waals surface area contributed by atoms with Gasteiger partial charge in [0, 0.05) is 4.90 Å². The van der Waals surface area contributed by atoms with Gasteiger partial charge in [-0.15, -0.1) is 11.8 Å². The number of nitrogens with zero attached hydrogens (tertiary/aromatic N) is 1. The van der Waals surface area contributed by atoms with Gasteiger partial charge >= 0.3 is 0 Å². The smallest absolute Gasteiger partial charge is 0.269 e. The van der Waals surface area contributed by atoms with E-state index < -0.39 is 28.4 Å². The SMILES string of the molecule is CCSc1ccccc1NC(=O)CN1C(=O)c2ccccc2S1(=O)=O. The molecule has 0 bridgehead atoms. The van der Waals surface area contributed by atoms with E-state index in [1.54, 1.807) is 36.0 Å². The van der Waals surface area contributed by atoms with Crippen molar-refractivity contribution in [1.29, 1.82) is 0 Å². The lowest BCUT2D eigenvalue weighted by atomic mass is 10.2. The predicted molar refractivity (Wildman–Crippen MR) is 96.1 cm³/mol. The number of hydrogen-bond acceptors (Lipinski definition) is 5. The van der Waals surface area contributed by atoms with E-state index in [2.05, 4.69) is 5.32 Å². The van der Waals surface area contributed by atoms with Gasteiger partial charge in [0.05, 0.1) is 11.3 Å². The Morgan fingerprint density at radius 2 is 1.80 bits per heavy atom. The van der Waals surface area contributed by atoms with Crippen LogP contribution >= 0.6 is 11.8 Å². The summed E-state index contributed by atoms with van der Waals surface area (Å²) in [5, 5.41) is 2.69. The molecule has 0 saturated carbocycles. The average Bonchev–Trinajstić information content (AvgIpc) is 2.78. The van der Waals surface area contributed by atoms with Crippen molar-refractivity contribution in [3.8, 4) is 0 Å². The van der Waals surface area contributed by atoms with Crippen molar-refractivity contribution < 1.29 is 18.0 Å². The highest BCUT2D eigenvalue weighted by Gasteiger charge is 2.41. The molecule has 2 aromatic rings. The summed E-state index contributed by atoms with van der Waals surface area (Å²) in [6.07, 6.45) is 0. The van der Waals surface area contributed by atoms with E-state index in [-0.39, 0.29) is 10.5 Å². The van der Waals surface area contributed by atoms with E-state index in [0.717, 1.165) is 10.6 Å². The molecule has 130 valence electrons. The van der Waals surface area contributed by atoms with Crippen molar-refractivity contribution in [3.05, 3.63) is 54.1 Å². The van der Waals surface area contributed by atoms with E-state index in [0.29, 0.717) is 9.99 Å². The average molecular weight is 376 g/mol. The first-order valence-electron chi connectivity index (χ1n) is 7.63. The van der Waals surface area contributed by atoms with Gasteiger partial charge in [-0.25, -0.2) is 12.7 Å². The van der Waals surface area contributed by atoms with Gasteiger partial charge in [-0.2, -0.15) is 0 Å². The molecule has 2 aromatic carbocycles. The quantitative estimate of drug-likeness (QED) is 0.811. The van der Waals surface area contributed by atoms with Crippen molar-refractivity contribution in [2.24, 2.45) is 0 Å². The molecule has 0 fully saturated rings. The van der Waals surface area contributed by atoms with Crippen LogP contribution in [0.5, 0.6) is 0 Å². The Bertz CT molecular complexity index is 941. The molecule has 0 aromatic heterocycles. The zero-order valence-corrected chi connectivity index (χ0v) is 15.1. The lowest BCUT2D eigenvalue weighted by Gasteiger charge is -2.16. The van der Waals surface area contributed by atoms with Crippen molar-refractivity contribution in [2.75, 3.05) is 17.6 Å². The maximum atomic E-state index is 12.5. The molecule has 0 atom stereocenters. The fourth-order valence-electron chi connectivity index (χ4n) is 2.56. The van der Waals surface area contributed by atoms with Crippen molar-refractivity contribution in [1.82, 2.24) is 4.31 Å².